The molecule has 0 bridgehead atoms. The molecule has 0 atom stereocenters. The van der Waals surface area contributed by atoms with Crippen molar-refractivity contribution in [2.75, 3.05) is 23.8 Å². The molecule has 0 radical (unpaired) electrons. The standard InChI is InChI=1S/C7H8N4O/c1-11-5(12)4-10-6-7(11)9-3-2-8-6/h2-3H,4H2,1H3,(H,8,10). The first kappa shape index (κ1) is 7.02. The van der Waals surface area contributed by atoms with Crippen LogP contribution in [0.15, 0.2) is 12.4 Å². The number of nitrogens with zero attached hydrogens (tertiary/aromatic N) is 3. The summed E-state index contributed by atoms with van der Waals surface area (Å²) in [5.74, 6) is 1.26. The van der Waals surface area contributed by atoms with Crippen molar-refractivity contribution in [3.63, 3.8) is 0 Å². The maximum atomic E-state index is 11.2. The fraction of sp³-hybridized carbons (Fsp3) is 0.286. The third-order valence-electron chi connectivity index (χ3n) is 1.78. The summed E-state index contributed by atoms with van der Waals surface area (Å²) in [4.78, 5) is 20.7. The summed E-state index contributed by atoms with van der Waals surface area (Å²) in [6.45, 7) is 0.294. The van der Waals surface area contributed by atoms with Crippen molar-refractivity contribution in [3.8, 4) is 0 Å². The van der Waals surface area contributed by atoms with Gasteiger partial charge in [0.2, 0.25) is 5.91 Å². The molecule has 5 nitrogen and oxygen atoms in total. The second-order valence-electron chi connectivity index (χ2n) is 2.53. The number of carbonyl (C=O) groups excluding carboxylic acids is 1. The van der Waals surface area contributed by atoms with E-state index in [1.54, 1.807) is 19.4 Å². The Labute approximate surface area is 69.4 Å². The molecule has 62 valence electrons. The number of carbonyl (C=O) groups is 1. The highest BCUT2D eigenvalue weighted by Gasteiger charge is 2.21. The highest BCUT2D eigenvalue weighted by Crippen LogP contribution is 2.21. The number of aromatic nitrogens is 2. The molecule has 0 aliphatic carbocycles. The second kappa shape index (κ2) is 2.44. The topological polar surface area (TPSA) is 58.1 Å². The van der Waals surface area contributed by atoms with E-state index in [0.717, 1.165) is 0 Å². The lowest BCUT2D eigenvalue weighted by Crippen LogP contribution is -2.37. The number of anilines is 2. The van der Waals surface area contributed by atoms with Gasteiger partial charge in [0.1, 0.15) is 0 Å². The van der Waals surface area contributed by atoms with Gasteiger partial charge in [-0.3, -0.25) is 9.69 Å². The summed E-state index contributed by atoms with van der Waals surface area (Å²) >= 11 is 0. The first-order valence-electron chi connectivity index (χ1n) is 3.60. The molecule has 0 saturated heterocycles. The summed E-state index contributed by atoms with van der Waals surface area (Å²) < 4.78 is 0. The minimum absolute atomic E-state index is 0.00278. The lowest BCUT2D eigenvalue weighted by molar-refractivity contribution is -0.116. The molecule has 2 rings (SSSR count). The van der Waals surface area contributed by atoms with E-state index in [-0.39, 0.29) is 5.91 Å². The molecule has 1 amide bonds. The molecule has 0 saturated carbocycles. The van der Waals surface area contributed by atoms with E-state index in [4.69, 9.17) is 0 Å². The van der Waals surface area contributed by atoms with E-state index in [9.17, 15) is 4.79 Å². The molecule has 2 heterocycles. The van der Waals surface area contributed by atoms with Crippen LogP contribution < -0.4 is 10.2 Å². The molecule has 5 heteroatoms. The molecule has 0 unspecified atom stereocenters. The van der Waals surface area contributed by atoms with Crippen LogP contribution in [0, 0.1) is 0 Å². The number of rotatable bonds is 0. The molecule has 0 spiro atoms. The van der Waals surface area contributed by atoms with Gasteiger partial charge in [-0.15, -0.1) is 0 Å². The van der Waals surface area contributed by atoms with Gasteiger partial charge in [-0.1, -0.05) is 0 Å². The van der Waals surface area contributed by atoms with Crippen LogP contribution in [0.3, 0.4) is 0 Å². The zero-order chi connectivity index (χ0) is 8.55. The normalized spacial score (nSPS) is 15.4. The summed E-state index contributed by atoms with van der Waals surface area (Å²) in [6, 6.07) is 0. The van der Waals surface area contributed by atoms with Crippen molar-refractivity contribution in [1.29, 1.82) is 0 Å². The molecule has 0 aromatic carbocycles. The van der Waals surface area contributed by atoms with Crippen LogP contribution in [0.1, 0.15) is 0 Å². The van der Waals surface area contributed by atoms with Crippen molar-refractivity contribution in [2.24, 2.45) is 0 Å². The molecule has 1 aliphatic heterocycles. The Bertz CT molecular complexity index is 325. The molecular weight excluding hydrogens is 156 g/mol. The third kappa shape index (κ3) is 0.903. The van der Waals surface area contributed by atoms with E-state index in [1.807, 2.05) is 0 Å². The summed E-state index contributed by atoms with van der Waals surface area (Å²) in [6.07, 6.45) is 3.16. The zero-order valence-electron chi connectivity index (χ0n) is 6.61. The number of hydrogen-bond acceptors (Lipinski definition) is 4. The Morgan fingerprint density at radius 1 is 1.50 bits per heavy atom. The summed E-state index contributed by atoms with van der Waals surface area (Å²) in [5.41, 5.74) is 0. The fourth-order valence-corrected chi connectivity index (χ4v) is 1.10. The van der Waals surface area contributed by atoms with Gasteiger partial charge in [0.15, 0.2) is 11.6 Å². The van der Waals surface area contributed by atoms with E-state index in [0.29, 0.717) is 18.2 Å². The van der Waals surface area contributed by atoms with E-state index < -0.39 is 0 Å². The largest absolute Gasteiger partial charge is 0.358 e. The number of likely N-dealkylation sites (N-methyl/N-ethyl adjacent to an activating group) is 1. The van der Waals surface area contributed by atoms with Crippen molar-refractivity contribution in [1.82, 2.24) is 9.97 Å². The van der Waals surface area contributed by atoms with Crippen LogP contribution in [-0.4, -0.2) is 29.5 Å². The van der Waals surface area contributed by atoms with Crippen LogP contribution in [0.4, 0.5) is 11.6 Å². The van der Waals surface area contributed by atoms with Gasteiger partial charge in [0.05, 0.1) is 6.54 Å². The Morgan fingerprint density at radius 3 is 3.08 bits per heavy atom. The first-order valence-corrected chi connectivity index (χ1v) is 3.60. The Hall–Kier alpha value is -1.65. The second-order valence-corrected chi connectivity index (χ2v) is 2.53. The maximum Gasteiger partial charge on any atom is 0.247 e. The number of nitrogens with one attached hydrogen (secondary N) is 1. The van der Waals surface area contributed by atoms with Crippen molar-refractivity contribution in [3.05, 3.63) is 12.4 Å². The van der Waals surface area contributed by atoms with Crippen molar-refractivity contribution in [2.45, 2.75) is 0 Å². The minimum Gasteiger partial charge on any atom is -0.358 e. The predicted octanol–water partition coefficient (Wildman–Crippen LogP) is -0.135. The highest BCUT2D eigenvalue weighted by molar-refractivity contribution is 5.99. The average Bonchev–Trinajstić information content (AvgIpc) is 2.12. The minimum atomic E-state index is 0.00278. The zero-order valence-corrected chi connectivity index (χ0v) is 6.61. The van der Waals surface area contributed by atoms with Gasteiger partial charge in [-0.2, -0.15) is 0 Å². The SMILES string of the molecule is CN1C(=O)CNc2nccnc21. The third-order valence-corrected chi connectivity index (χ3v) is 1.78. The molecule has 0 fully saturated rings. The van der Waals surface area contributed by atoms with Crippen LogP contribution in [0.2, 0.25) is 0 Å². The molecule has 1 N–H and O–H groups in total. The van der Waals surface area contributed by atoms with Gasteiger partial charge in [0, 0.05) is 19.4 Å². The van der Waals surface area contributed by atoms with Gasteiger partial charge >= 0.3 is 0 Å². The maximum absolute atomic E-state index is 11.2. The number of fused-ring (bicyclic) bond motifs is 1. The van der Waals surface area contributed by atoms with Gasteiger partial charge in [0.25, 0.3) is 0 Å². The Balaban J connectivity index is 2.48. The predicted molar refractivity (Wildman–Crippen MR) is 43.9 cm³/mol. The van der Waals surface area contributed by atoms with Crippen LogP contribution in [0.25, 0.3) is 0 Å². The van der Waals surface area contributed by atoms with Crippen LogP contribution in [0.5, 0.6) is 0 Å². The van der Waals surface area contributed by atoms with Gasteiger partial charge in [-0.05, 0) is 0 Å². The Morgan fingerprint density at radius 2 is 2.25 bits per heavy atom. The number of hydrogen-bond donors (Lipinski definition) is 1. The van der Waals surface area contributed by atoms with E-state index in [2.05, 4.69) is 15.3 Å². The first-order chi connectivity index (χ1) is 5.79. The lowest BCUT2D eigenvalue weighted by Gasteiger charge is -2.23. The van der Waals surface area contributed by atoms with Gasteiger partial charge < -0.3 is 5.32 Å². The molecule has 12 heavy (non-hydrogen) atoms. The van der Waals surface area contributed by atoms with Crippen LogP contribution >= 0.6 is 0 Å². The number of amides is 1. The summed E-state index contributed by atoms with van der Waals surface area (Å²) in [5, 5.41) is 2.88. The van der Waals surface area contributed by atoms with Crippen molar-refractivity contribution >= 4 is 17.5 Å². The quantitative estimate of drug-likeness (QED) is 0.580. The highest BCUT2D eigenvalue weighted by atomic mass is 16.2. The smallest absolute Gasteiger partial charge is 0.247 e. The molecule has 1 aromatic rings. The van der Waals surface area contributed by atoms with Crippen LogP contribution in [-0.2, 0) is 4.79 Å². The van der Waals surface area contributed by atoms with E-state index >= 15 is 0 Å². The van der Waals surface area contributed by atoms with Gasteiger partial charge in [-0.25, -0.2) is 9.97 Å². The monoisotopic (exact) mass is 164 g/mol. The lowest BCUT2D eigenvalue weighted by atomic mass is 10.4. The van der Waals surface area contributed by atoms with E-state index in [1.165, 1.54) is 4.90 Å². The average molecular weight is 164 g/mol. The Kier molecular flexibility index (Phi) is 1.43. The molecule has 1 aromatic heterocycles. The molecular formula is C7H8N4O. The molecule has 1 aliphatic rings. The fourth-order valence-electron chi connectivity index (χ4n) is 1.10. The van der Waals surface area contributed by atoms with Crippen molar-refractivity contribution < 1.29 is 4.79 Å². The summed E-state index contributed by atoms with van der Waals surface area (Å²) in [7, 11) is 1.69.